The monoisotopic (exact) mass is 462 g/mol. The lowest BCUT2D eigenvalue weighted by atomic mass is 9.65. The summed E-state index contributed by atoms with van der Waals surface area (Å²) >= 11 is 0. The number of rotatable bonds is 3. The highest BCUT2D eigenvalue weighted by Crippen LogP contribution is 2.52. The van der Waals surface area contributed by atoms with Crippen LogP contribution in [-0.2, 0) is 10.8 Å². The van der Waals surface area contributed by atoms with E-state index in [0.29, 0.717) is 23.3 Å². The second-order valence-electron chi connectivity index (χ2n) is 13.1. The van der Waals surface area contributed by atoms with Gasteiger partial charge in [-0.05, 0) is 74.3 Å². The Morgan fingerprint density at radius 1 is 0.676 bits per heavy atom. The van der Waals surface area contributed by atoms with Gasteiger partial charge in [-0.1, -0.05) is 95.0 Å². The van der Waals surface area contributed by atoms with Gasteiger partial charge in [-0.3, -0.25) is 0 Å². The first kappa shape index (κ1) is 26.4. The summed E-state index contributed by atoms with van der Waals surface area (Å²) < 4.78 is 0. The van der Waals surface area contributed by atoms with Crippen LogP contribution in [0.4, 0.5) is 0 Å². The van der Waals surface area contributed by atoms with Crippen molar-refractivity contribution < 1.29 is 10.2 Å². The zero-order valence-electron chi connectivity index (χ0n) is 23.4. The molecule has 0 aliphatic heterocycles. The molecule has 0 aromatic heterocycles. The number of phenolic OH excluding ortho intramolecular Hbond substituents is 2. The molecule has 2 atom stereocenters. The van der Waals surface area contributed by atoms with Crippen LogP contribution in [0.2, 0.25) is 0 Å². The van der Waals surface area contributed by atoms with Crippen LogP contribution < -0.4 is 0 Å². The van der Waals surface area contributed by atoms with E-state index in [2.05, 4.69) is 100 Å². The Hall–Kier alpha value is -2.22. The number of hydrogen-bond acceptors (Lipinski definition) is 2. The summed E-state index contributed by atoms with van der Waals surface area (Å²) in [6, 6.07) is 8.54. The van der Waals surface area contributed by atoms with Crippen LogP contribution in [0.25, 0.3) is 0 Å². The third kappa shape index (κ3) is 5.07. The van der Waals surface area contributed by atoms with Gasteiger partial charge in [0.05, 0.1) is 0 Å². The first-order valence-corrected chi connectivity index (χ1v) is 12.9. The van der Waals surface area contributed by atoms with Gasteiger partial charge in [0.15, 0.2) is 0 Å². The molecule has 2 unspecified atom stereocenters. The maximum Gasteiger partial charge on any atom is 0.123 e. The molecule has 0 saturated heterocycles. The summed E-state index contributed by atoms with van der Waals surface area (Å²) in [4.78, 5) is 0. The predicted molar refractivity (Wildman–Crippen MR) is 145 cm³/mol. The molecule has 3 rings (SSSR count). The lowest BCUT2D eigenvalue weighted by molar-refractivity contribution is 0.289. The molecule has 0 fully saturated rings. The largest absolute Gasteiger partial charge is 0.507 e. The third-order valence-electron chi connectivity index (χ3n) is 7.91. The number of allylic oxidation sites excluding steroid dienone is 2. The Labute approximate surface area is 208 Å². The fraction of sp³-hybridized carbons (Fsp3) is 0.562. The molecular weight excluding hydrogens is 416 g/mol. The van der Waals surface area contributed by atoms with Crippen LogP contribution in [0.5, 0.6) is 11.5 Å². The molecule has 2 aromatic rings. The standard InChI is InChI=1S/C32H46O2/c1-18-12-24(29(33)26(14-18)31(6,7)8)28(23-17-21(4)20(3)16-22(23)5)25-13-19(2)15-27(30(25)34)32(9,10)11/h12-15,22-23,28,33-34H,16-17H2,1-11H3. The number of phenols is 2. The normalized spacial score (nSPS) is 19.8. The quantitative estimate of drug-likeness (QED) is 0.447. The van der Waals surface area contributed by atoms with E-state index in [1.807, 2.05) is 0 Å². The van der Waals surface area contributed by atoms with Gasteiger partial charge in [-0.2, -0.15) is 0 Å². The molecule has 2 N–H and O–H groups in total. The Bertz CT molecular complexity index is 1040. The molecule has 0 saturated carbocycles. The predicted octanol–water partition coefficient (Wildman–Crippen LogP) is 8.82. The Morgan fingerprint density at radius 2 is 1.06 bits per heavy atom. The summed E-state index contributed by atoms with van der Waals surface area (Å²) in [5.74, 6) is 1.43. The first-order chi connectivity index (χ1) is 15.5. The van der Waals surface area contributed by atoms with E-state index in [0.717, 1.165) is 46.2 Å². The fourth-order valence-electron chi connectivity index (χ4n) is 5.84. The fourth-order valence-corrected chi connectivity index (χ4v) is 5.84. The van der Waals surface area contributed by atoms with Crippen LogP contribution >= 0.6 is 0 Å². The number of hydrogen-bond donors (Lipinski definition) is 2. The molecule has 1 aliphatic carbocycles. The maximum atomic E-state index is 11.7. The van der Waals surface area contributed by atoms with Crippen molar-refractivity contribution in [2.24, 2.45) is 11.8 Å². The van der Waals surface area contributed by atoms with E-state index in [4.69, 9.17) is 0 Å². The average molecular weight is 463 g/mol. The van der Waals surface area contributed by atoms with Gasteiger partial charge in [0.1, 0.15) is 11.5 Å². The van der Waals surface area contributed by atoms with Gasteiger partial charge >= 0.3 is 0 Å². The summed E-state index contributed by atoms with van der Waals surface area (Å²) in [6.45, 7) is 24.0. The molecule has 2 heteroatoms. The lowest BCUT2D eigenvalue weighted by Crippen LogP contribution is -2.27. The second kappa shape index (κ2) is 9.10. The highest BCUT2D eigenvalue weighted by atomic mass is 16.3. The van der Waals surface area contributed by atoms with Crippen LogP contribution in [0.15, 0.2) is 35.4 Å². The highest BCUT2D eigenvalue weighted by Gasteiger charge is 2.38. The second-order valence-corrected chi connectivity index (χ2v) is 13.1. The SMILES string of the molecule is CC1=C(C)CC(C(c2cc(C)cc(C(C)(C)C)c2O)c2cc(C)cc(C(C)(C)C)c2O)C(C)C1. The van der Waals surface area contributed by atoms with Crippen molar-refractivity contribution in [1.29, 1.82) is 0 Å². The molecule has 2 aromatic carbocycles. The van der Waals surface area contributed by atoms with E-state index in [1.54, 1.807) is 0 Å². The first-order valence-electron chi connectivity index (χ1n) is 12.9. The van der Waals surface area contributed by atoms with Crippen molar-refractivity contribution in [3.8, 4) is 11.5 Å². The molecule has 0 spiro atoms. The summed E-state index contributed by atoms with van der Waals surface area (Å²) in [5.41, 5.74) is 8.73. The molecule has 0 radical (unpaired) electrons. The Morgan fingerprint density at radius 3 is 1.44 bits per heavy atom. The minimum absolute atomic E-state index is 0.0833. The zero-order chi connectivity index (χ0) is 25.7. The minimum atomic E-state index is -0.175. The van der Waals surface area contributed by atoms with Crippen LogP contribution in [-0.4, -0.2) is 10.2 Å². The average Bonchev–Trinajstić information content (AvgIpc) is 2.68. The van der Waals surface area contributed by atoms with Crippen molar-refractivity contribution >= 4 is 0 Å². The van der Waals surface area contributed by atoms with Crippen molar-refractivity contribution in [3.63, 3.8) is 0 Å². The van der Waals surface area contributed by atoms with E-state index in [9.17, 15) is 10.2 Å². The minimum Gasteiger partial charge on any atom is -0.507 e. The van der Waals surface area contributed by atoms with E-state index >= 15 is 0 Å². The molecule has 0 bridgehead atoms. The Kier molecular flexibility index (Phi) is 7.06. The molecular formula is C32H46O2. The third-order valence-corrected chi connectivity index (χ3v) is 7.91. The molecule has 186 valence electrons. The number of benzene rings is 2. The summed E-state index contributed by atoms with van der Waals surface area (Å²) in [5, 5.41) is 23.4. The molecule has 0 heterocycles. The van der Waals surface area contributed by atoms with Crippen LogP contribution in [0.3, 0.4) is 0 Å². The molecule has 34 heavy (non-hydrogen) atoms. The number of aromatic hydroxyl groups is 2. The molecule has 1 aliphatic rings. The number of aryl methyl sites for hydroxylation is 2. The summed E-state index contributed by atoms with van der Waals surface area (Å²) in [6.07, 6.45) is 2.04. The maximum absolute atomic E-state index is 11.7. The van der Waals surface area contributed by atoms with E-state index < -0.39 is 0 Å². The van der Waals surface area contributed by atoms with Gasteiger partial charge < -0.3 is 10.2 Å². The van der Waals surface area contributed by atoms with Crippen molar-refractivity contribution in [1.82, 2.24) is 0 Å². The zero-order valence-corrected chi connectivity index (χ0v) is 23.4. The molecule has 2 nitrogen and oxygen atoms in total. The van der Waals surface area contributed by atoms with Gasteiger partial charge in [0, 0.05) is 17.0 Å². The van der Waals surface area contributed by atoms with Gasteiger partial charge in [-0.15, -0.1) is 0 Å². The van der Waals surface area contributed by atoms with Crippen molar-refractivity contribution in [3.05, 3.63) is 68.8 Å². The van der Waals surface area contributed by atoms with Gasteiger partial charge in [-0.25, -0.2) is 0 Å². The van der Waals surface area contributed by atoms with E-state index in [1.165, 1.54) is 11.1 Å². The van der Waals surface area contributed by atoms with Gasteiger partial charge in [0.25, 0.3) is 0 Å². The van der Waals surface area contributed by atoms with Crippen LogP contribution in [0, 0.1) is 25.7 Å². The van der Waals surface area contributed by atoms with Crippen molar-refractivity contribution in [2.45, 2.75) is 106 Å². The summed E-state index contributed by atoms with van der Waals surface area (Å²) in [7, 11) is 0. The van der Waals surface area contributed by atoms with Crippen LogP contribution in [0.1, 0.15) is 114 Å². The van der Waals surface area contributed by atoms with Gasteiger partial charge in [0.2, 0.25) is 0 Å². The van der Waals surface area contributed by atoms with Crippen molar-refractivity contribution in [2.75, 3.05) is 0 Å². The lowest BCUT2D eigenvalue weighted by Gasteiger charge is -2.39. The molecule has 0 amide bonds. The smallest absolute Gasteiger partial charge is 0.123 e. The topological polar surface area (TPSA) is 40.5 Å². The highest BCUT2D eigenvalue weighted by molar-refractivity contribution is 5.56. The van der Waals surface area contributed by atoms with E-state index in [-0.39, 0.29) is 16.7 Å². The Balaban J connectivity index is 2.38.